The fourth-order valence-corrected chi connectivity index (χ4v) is 2.65. The number of nitrogens with one attached hydrogen (secondary N) is 2. The predicted octanol–water partition coefficient (Wildman–Crippen LogP) is 3.04. The average Bonchev–Trinajstić information content (AvgIpc) is 2.61. The van der Waals surface area contributed by atoms with Crippen LogP contribution < -0.4 is 15.4 Å². The first-order chi connectivity index (χ1) is 11.3. The Morgan fingerprint density at radius 2 is 2.26 bits per heavy atom. The number of hydrogen-bond donors (Lipinski definition) is 2. The van der Waals surface area contributed by atoms with Gasteiger partial charge in [0.25, 0.3) is 0 Å². The molecule has 0 saturated heterocycles. The standard InChI is InChI=1S/C18H28N4O/c1-3-19-18(21-12-9-15-7-5-4-6-8-15)22-14-16-10-11-20-17(13-16)23-2/h7,10-11,13H,3-6,8-9,12,14H2,1-2H3,(H2,19,21,22). The molecule has 0 radical (unpaired) electrons. The van der Waals surface area contributed by atoms with Gasteiger partial charge in [-0.3, -0.25) is 0 Å². The van der Waals surface area contributed by atoms with Crippen molar-refractivity contribution in [1.82, 2.24) is 15.6 Å². The van der Waals surface area contributed by atoms with Crippen LogP contribution in [0.25, 0.3) is 0 Å². The molecule has 1 heterocycles. The van der Waals surface area contributed by atoms with Gasteiger partial charge in [-0.25, -0.2) is 9.98 Å². The van der Waals surface area contributed by atoms with Gasteiger partial charge in [-0.2, -0.15) is 0 Å². The average molecular weight is 316 g/mol. The van der Waals surface area contributed by atoms with Crippen LogP contribution in [0.4, 0.5) is 0 Å². The van der Waals surface area contributed by atoms with Crippen molar-refractivity contribution in [2.24, 2.45) is 4.99 Å². The number of nitrogens with zero attached hydrogens (tertiary/aromatic N) is 2. The minimum Gasteiger partial charge on any atom is -0.481 e. The second-order valence-electron chi connectivity index (χ2n) is 5.69. The molecule has 23 heavy (non-hydrogen) atoms. The number of hydrogen-bond acceptors (Lipinski definition) is 3. The monoisotopic (exact) mass is 316 g/mol. The molecule has 0 atom stereocenters. The van der Waals surface area contributed by atoms with Crippen LogP contribution in [-0.4, -0.2) is 31.1 Å². The molecule has 0 amide bonds. The molecule has 1 aliphatic carbocycles. The summed E-state index contributed by atoms with van der Waals surface area (Å²) in [5, 5.41) is 6.71. The summed E-state index contributed by atoms with van der Waals surface area (Å²) in [7, 11) is 1.63. The fourth-order valence-electron chi connectivity index (χ4n) is 2.65. The molecule has 1 aromatic rings. The van der Waals surface area contributed by atoms with Gasteiger partial charge in [0.15, 0.2) is 5.96 Å². The Bertz CT molecular complexity index is 540. The Kier molecular flexibility index (Phi) is 7.43. The van der Waals surface area contributed by atoms with E-state index in [1.807, 2.05) is 12.1 Å². The lowest BCUT2D eigenvalue weighted by Gasteiger charge is -2.15. The van der Waals surface area contributed by atoms with Gasteiger partial charge in [0.1, 0.15) is 0 Å². The number of allylic oxidation sites excluding steroid dienone is 1. The van der Waals surface area contributed by atoms with Gasteiger partial charge in [-0.1, -0.05) is 11.6 Å². The van der Waals surface area contributed by atoms with E-state index >= 15 is 0 Å². The van der Waals surface area contributed by atoms with E-state index in [0.717, 1.165) is 31.0 Å². The highest BCUT2D eigenvalue weighted by molar-refractivity contribution is 5.79. The lowest BCUT2D eigenvalue weighted by Crippen LogP contribution is -2.37. The van der Waals surface area contributed by atoms with Crippen LogP contribution >= 0.6 is 0 Å². The highest BCUT2D eigenvalue weighted by atomic mass is 16.5. The first-order valence-corrected chi connectivity index (χ1v) is 8.51. The Morgan fingerprint density at radius 1 is 1.35 bits per heavy atom. The molecule has 2 N–H and O–H groups in total. The van der Waals surface area contributed by atoms with Crippen molar-refractivity contribution >= 4 is 5.96 Å². The zero-order chi connectivity index (χ0) is 16.3. The van der Waals surface area contributed by atoms with Crippen LogP contribution in [0, 0.1) is 0 Å². The van der Waals surface area contributed by atoms with Gasteiger partial charge in [-0.05, 0) is 50.7 Å². The summed E-state index contributed by atoms with van der Waals surface area (Å²) in [4.78, 5) is 8.75. The van der Waals surface area contributed by atoms with Crippen molar-refractivity contribution in [2.75, 3.05) is 20.2 Å². The molecule has 2 rings (SSSR count). The van der Waals surface area contributed by atoms with Crippen molar-refractivity contribution < 1.29 is 4.74 Å². The summed E-state index contributed by atoms with van der Waals surface area (Å²) in [6, 6.07) is 3.88. The van der Waals surface area contributed by atoms with E-state index in [0.29, 0.717) is 12.4 Å². The van der Waals surface area contributed by atoms with E-state index in [1.54, 1.807) is 18.9 Å². The third kappa shape index (κ3) is 6.30. The maximum absolute atomic E-state index is 5.14. The Morgan fingerprint density at radius 3 is 3.00 bits per heavy atom. The highest BCUT2D eigenvalue weighted by Gasteiger charge is 2.04. The van der Waals surface area contributed by atoms with Crippen molar-refractivity contribution in [3.63, 3.8) is 0 Å². The summed E-state index contributed by atoms with van der Waals surface area (Å²) in [5.74, 6) is 1.49. The van der Waals surface area contributed by atoms with E-state index < -0.39 is 0 Å². The van der Waals surface area contributed by atoms with Crippen LogP contribution in [0.15, 0.2) is 35.0 Å². The summed E-state index contributed by atoms with van der Waals surface area (Å²) < 4.78 is 5.14. The third-order valence-corrected chi connectivity index (χ3v) is 3.90. The van der Waals surface area contributed by atoms with E-state index in [2.05, 4.69) is 33.6 Å². The van der Waals surface area contributed by atoms with Crippen LogP contribution in [0.3, 0.4) is 0 Å². The molecule has 0 fully saturated rings. The minimum atomic E-state index is 0.608. The van der Waals surface area contributed by atoms with E-state index in [-0.39, 0.29) is 0 Å². The van der Waals surface area contributed by atoms with Gasteiger partial charge >= 0.3 is 0 Å². The SMILES string of the molecule is CCNC(=NCc1ccnc(OC)c1)NCCC1=CCCCC1. The molecular weight excluding hydrogens is 288 g/mol. The molecule has 5 nitrogen and oxygen atoms in total. The summed E-state index contributed by atoms with van der Waals surface area (Å²) in [6.07, 6.45) is 10.4. The van der Waals surface area contributed by atoms with E-state index in [9.17, 15) is 0 Å². The maximum Gasteiger partial charge on any atom is 0.213 e. The molecule has 0 aromatic carbocycles. The van der Waals surface area contributed by atoms with Crippen molar-refractivity contribution in [3.8, 4) is 5.88 Å². The lowest BCUT2D eigenvalue weighted by atomic mass is 9.97. The predicted molar refractivity (Wildman–Crippen MR) is 94.8 cm³/mol. The Hall–Kier alpha value is -2.04. The number of guanidine groups is 1. The molecule has 1 aliphatic rings. The summed E-state index contributed by atoms with van der Waals surface area (Å²) in [5.41, 5.74) is 2.67. The molecule has 0 bridgehead atoms. The van der Waals surface area contributed by atoms with Crippen molar-refractivity contribution in [2.45, 2.75) is 45.6 Å². The molecule has 5 heteroatoms. The van der Waals surface area contributed by atoms with Gasteiger partial charge in [0.05, 0.1) is 13.7 Å². The van der Waals surface area contributed by atoms with Gasteiger partial charge in [0, 0.05) is 25.4 Å². The van der Waals surface area contributed by atoms with Gasteiger partial charge < -0.3 is 15.4 Å². The molecular formula is C18H28N4O. The normalized spacial score (nSPS) is 15.0. The highest BCUT2D eigenvalue weighted by Crippen LogP contribution is 2.19. The van der Waals surface area contributed by atoms with Crippen LogP contribution in [-0.2, 0) is 6.54 Å². The maximum atomic E-state index is 5.14. The third-order valence-electron chi connectivity index (χ3n) is 3.90. The molecule has 0 aliphatic heterocycles. The van der Waals surface area contributed by atoms with Crippen LogP contribution in [0.5, 0.6) is 5.88 Å². The quantitative estimate of drug-likeness (QED) is 0.461. The first kappa shape index (κ1) is 17.3. The number of ether oxygens (including phenoxy) is 1. The minimum absolute atomic E-state index is 0.608. The second-order valence-corrected chi connectivity index (χ2v) is 5.69. The largest absolute Gasteiger partial charge is 0.481 e. The van der Waals surface area contributed by atoms with E-state index in [4.69, 9.17) is 4.74 Å². The molecule has 1 aromatic heterocycles. The van der Waals surface area contributed by atoms with Crippen molar-refractivity contribution in [1.29, 1.82) is 0 Å². The fraction of sp³-hybridized carbons (Fsp3) is 0.556. The topological polar surface area (TPSA) is 58.5 Å². The number of aromatic nitrogens is 1. The summed E-state index contributed by atoms with van der Waals surface area (Å²) in [6.45, 7) is 4.47. The zero-order valence-corrected chi connectivity index (χ0v) is 14.3. The molecule has 126 valence electrons. The summed E-state index contributed by atoms with van der Waals surface area (Å²) >= 11 is 0. The van der Waals surface area contributed by atoms with Crippen molar-refractivity contribution in [3.05, 3.63) is 35.5 Å². The lowest BCUT2D eigenvalue weighted by molar-refractivity contribution is 0.397. The number of methoxy groups -OCH3 is 1. The number of aliphatic imine (C=N–C) groups is 1. The van der Waals surface area contributed by atoms with Gasteiger partial charge in [0.2, 0.25) is 5.88 Å². The first-order valence-electron chi connectivity index (χ1n) is 8.51. The van der Waals surface area contributed by atoms with Crippen LogP contribution in [0.2, 0.25) is 0 Å². The molecule has 0 saturated carbocycles. The smallest absolute Gasteiger partial charge is 0.213 e. The molecule has 0 spiro atoms. The number of pyridine rings is 1. The van der Waals surface area contributed by atoms with Gasteiger partial charge in [-0.15, -0.1) is 0 Å². The number of rotatable bonds is 7. The Balaban J connectivity index is 1.84. The Labute approximate surface area is 139 Å². The molecule has 0 unspecified atom stereocenters. The zero-order valence-electron chi connectivity index (χ0n) is 14.3. The van der Waals surface area contributed by atoms with E-state index in [1.165, 1.54) is 25.7 Å². The van der Waals surface area contributed by atoms with Crippen LogP contribution in [0.1, 0.15) is 44.6 Å². The second kappa shape index (κ2) is 9.87.